The zero-order valence-corrected chi connectivity index (χ0v) is 14.5. The largest absolute Gasteiger partial charge is 0.454 e. The van der Waals surface area contributed by atoms with Crippen LogP contribution >= 0.6 is 0 Å². The Labute approximate surface area is 157 Å². The Bertz CT molecular complexity index is 922. The van der Waals surface area contributed by atoms with Gasteiger partial charge in [0.25, 0.3) is 5.91 Å². The number of ether oxygens (including phenoxy) is 2. The highest BCUT2D eigenvalue weighted by atomic mass is 19.4. The van der Waals surface area contributed by atoms with Crippen LogP contribution < -0.4 is 14.8 Å². The van der Waals surface area contributed by atoms with E-state index in [0.29, 0.717) is 17.1 Å². The third-order valence-electron chi connectivity index (χ3n) is 4.64. The fourth-order valence-corrected chi connectivity index (χ4v) is 3.01. The van der Waals surface area contributed by atoms with Crippen molar-refractivity contribution in [2.75, 3.05) is 25.2 Å². The van der Waals surface area contributed by atoms with Gasteiger partial charge in [-0.1, -0.05) is 0 Å². The second-order valence-electron chi connectivity index (χ2n) is 6.54. The molecule has 1 saturated heterocycles. The van der Waals surface area contributed by atoms with Gasteiger partial charge in [0.05, 0.1) is 11.5 Å². The standard InChI is InChI=1S/C19H15F3N2O4/c20-19(21,22)13-2-4-14(5-3-13)23-17(25)12-8-24(9-12)18(26)11-1-6-15-16(7-11)28-10-27-15/h1-7,12H,8-10H2,(H,23,25). The first-order chi connectivity index (χ1) is 13.3. The first-order valence-corrected chi connectivity index (χ1v) is 8.48. The number of amides is 2. The summed E-state index contributed by atoms with van der Waals surface area (Å²) in [6.07, 6.45) is -4.42. The first-order valence-electron chi connectivity index (χ1n) is 8.48. The van der Waals surface area contributed by atoms with Gasteiger partial charge in [0.2, 0.25) is 12.7 Å². The number of hydrogen-bond acceptors (Lipinski definition) is 4. The van der Waals surface area contributed by atoms with Crippen molar-refractivity contribution in [3.8, 4) is 11.5 Å². The topological polar surface area (TPSA) is 67.9 Å². The summed E-state index contributed by atoms with van der Waals surface area (Å²) >= 11 is 0. The maximum Gasteiger partial charge on any atom is 0.416 e. The van der Waals surface area contributed by atoms with Crippen molar-refractivity contribution < 1.29 is 32.2 Å². The van der Waals surface area contributed by atoms with Gasteiger partial charge >= 0.3 is 6.18 Å². The summed E-state index contributed by atoms with van der Waals surface area (Å²) in [5.41, 5.74) is -0.0703. The predicted octanol–water partition coefficient (Wildman–Crippen LogP) is 3.14. The number of carbonyl (C=O) groups is 2. The Morgan fingerprint density at radius 1 is 1.00 bits per heavy atom. The van der Waals surface area contributed by atoms with Gasteiger partial charge in [-0.15, -0.1) is 0 Å². The number of hydrogen-bond donors (Lipinski definition) is 1. The van der Waals surface area contributed by atoms with E-state index >= 15 is 0 Å². The monoisotopic (exact) mass is 392 g/mol. The van der Waals surface area contributed by atoms with Crippen LogP contribution in [0.2, 0.25) is 0 Å². The maximum atomic E-state index is 12.6. The summed E-state index contributed by atoms with van der Waals surface area (Å²) in [6.45, 7) is 0.586. The third-order valence-corrected chi connectivity index (χ3v) is 4.64. The third kappa shape index (κ3) is 3.47. The van der Waals surface area contributed by atoms with Crippen LogP contribution in [0.15, 0.2) is 42.5 Å². The second-order valence-corrected chi connectivity index (χ2v) is 6.54. The van der Waals surface area contributed by atoms with E-state index in [1.54, 1.807) is 18.2 Å². The molecule has 2 aromatic carbocycles. The van der Waals surface area contributed by atoms with Crippen molar-refractivity contribution in [2.24, 2.45) is 5.92 Å². The van der Waals surface area contributed by atoms with Gasteiger partial charge in [-0.3, -0.25) is 9.59 Å². The number of anilines is 1. The Hall–Kier alpha value is -3.23. The zero-order chi connectivity index (χ0) is 19.9. The summed E-state index contributed by atoms with van der Waals surface area (Å²) in [4.78, 5) is 26.2. The van der Waals surface area contributed by atoms with E-state index in [-0.39, 0.29) is 37.4 Å². The summed E-state index contributed by atoms with van der Waals surface area (Å²) in [5.74, 6) is 0.101. The number of fused-ring (bicyclic) bond motifs is 1. The molecule has 1 fully saturated rings. The molecule has 0 aromatic heterocycles. The fraction of sp³-hybridized carbons (Fsp3) is 0.263. The number of likely N-dealkylation sites (tertiary alicyclic amines) is 1. The van der Waals surface area contributed by atoms with Crippen LogP contribution in [0.3, 0.4) is 0 Å². The number of halogens is 3. The van der Waals surface area contributed by atoms with Gasteiger partial charge < -0.3 is 19.7 Å². The predicted molar refractivity (Wildman–Crippen MR) is 92.0 cm³/mol. The molecule has 1 N–H and O–H groups in total. The minimum Gasteiger partial charge on any atom is -0.454 e. The van der Waals surface area contributed by atoms with Gasteiger partial charge in [-0.05, 0) is 42.5 Å². The molecule has 2 amide bonds. The molecule has 0 aliphatic carbocycles. The fourth-order valence-electron chi connectivity index (χ4n) is 3.01. The Kier molecular flexibility index (Phi) is 4.37. The number of rotatable bonds is 3. The number of carbonyl (C=O) groups excluding carboxylic acids is 2. The molecule has 146 valence electrons. The molecule has 9 heteroatoms. The molecule has 4 rings (SSSR count). The lowest BCUT2D eigenvalue weighted by atomic mass is 9.97. The average molecular weight is 392 g/mol. The van der Waals surface area contributed by atoms with Gasteiger partial charge in [0, 0.05) is 24.3 Å². The van der Waals surface area contributed by atoms with Crippen LogP contribution in [-0.4, -0.2) is 36.6 Å². The normalized spacial score (nSPS) is 15.9. The molecule has 2 aromatic rings. The molecule has 0 bridgehead atoms. The molecule has 0 atom stereocenters. The van der Waals surface area contributed by atoms with Crippen molar-refractivity contribution >= 4 is 17.5 Å². The molecule has 2 aliphatic rings. The highest BCUT2D eigenvalue weighted by molar-refractivity contribution is 5.99. The zero-order valence-electron chi connectivity index (χ0n) is 14.5. The van der Waals surface area contributed by atoms with Crippen LogP contribution in [0.1, 0.15) is 15.9 Å². The quantitative estimate of drug-likeness (QED) is 0.872. The number of nitrogens with zero attached hydrogens (tertiary/aromatic N) is 1. The van der Waals surface area contributed by atoms with E-state index in [1.165, 1.54) is 17.0 Å². The van der Waals surface area contributed by atoms with Crippen LogP contribution in [0.25, 0.3) is 0 Å². The minimum absolute atomic E-state index is 0.114. The molecular weight excluding hydrogens is 377 g/mol. The van der Waals surface area contributed by atoms with Crippen molar-refractivity contribution in [1.82, 2.24) is 4.90 Å². The molecule has 0 saturated carbocycles. The first kappa shape index (κ1) is 18.1. The summed E-state index contributed by atoms with van der Waals surface area (Å²) < 4.78 is 48.1. The molecule has 0 spiro atoms. The number of benzene rings is 2. The molecule has 0 unspecified atom stereocenters. The van der Waals surface area contributed by atoms with E-state index in [1.807, 2.05) is 0 Å². The number of alkyl halides is 3. The van der Waals surface area contributed by atoms with Crippen LogP contribution in [0.4, 0.5) is 18.9 Å². The Balaban J connectivity index is 1.32. The Morgan fingerprint density at radius 3 is 2.36 bits per heavy atom. The molecule has 28 heavy (non-hydrogen) atoms. The van der Waals surface area contributed by atoms with Gasteiger partial charge in [-0.2, -0.15) is 13.2 Å². The van der Waals surface area contributed by atoms with Crippen molar-refractivity contribution in [3.05, 3.63) is 53.6 Å². The highest BCUT2D eigenvalue weighted by Gasteiger charge is 2.36. The van der Waals surface area contributed by atoms with Gasteiger partial charge in [0.15, 0.2) is 11.5 Å². The van der Waals surface area contributed by atoms with E-state index in [0.717, 1.165) is 12.1 Å². The number of nitrogens with one attached hydrogen (secondary N) is 1. The van der Waals surface area contributed by atoms with E-state index in [2.05, 4.69) is 5.32 Å². The lowest BCUT2D eigenvalue weighted by Crippen LogP contribution is -2.54. The van der Waals surface area contributed by atoms with Crippen molar-refractivity contribution in [3.63, 3.8) is 0 Å². The molecule has 2 aliphatic heterocycles. The second kappa shape index (κ2) is 6.74. The lowest BCUT2D eigenvalue weighted by molar-refractivity contribution is -0.137. The smallest absolute Gasteiger partial charge is 0.416 e. The van der Waals surface area contributed by atoms with Crippen LogP contribution in [0.5, 0.6) is 11.5 Å². The lowest BCUT2D eigenvalue weighted by Gasteiger charge is -2.38. The highest BCUT2D eigenvalue weighted by Crippen LogP contribution is 2.33. The van der Waals surface area contributed by atoms with E-state index in [4.69, 9.17) is 9.47 Å². The van der Waals surface area contributed by atoms with E-state index in [9.17, 15) is 22.8 Å². The molecule has 6 nitrogen and oxygen atoms in total. The summed E-state index contributed by atoms with van der Waals surface area (Å²) in [7, 11) is 0. The minimum atomic E-state index is -4.42. The average Bonchev–Trinajstić information content (AvgIpc) is 3.07. The van der Waals surface area contributed by atoms with Crippen molar-refractivity contribution in [1.29, 1.82) is 0 Å². The molecule has 0 radical (unpaired) electrons. The van der Waals surface area contributed by atoms with Gasteiger partial charge in [-0.25, -0.2) is 0 Å². The summed E-state index contributed by atoms with van der Waals surface area (Å²) in [5, 5.41) is 2.57. The van der Waals surface area contributed by atoms with Crippen molar-refractivity contribution in [2.45, 2.75) is 6.18 Å². The van der Waals surface area contributed by atoms with Crippen LogP contribution in [-0.2, 0) is 11.0 Å². The van der Waals surface area contributed by atoms with Crippen LogP contribution in [0, 0.1) is 5.92 Å². The van der Waals surface area contributed by atoms with E-state index < -0.39 is 17.7 Å². The maximum absolute atomic E-state index is 12.6. The Morgan fingerprint density at radius 2 is 1.68 bits per heavy atom. The molecular formula is C19H15F3N2O4. The SMILES string of the molecule is O=C(Nc1ccc(C(F)(F)F)cc1)C1CN(C(=O)c2ccc3c(c2)OCO3)C1. The molecule has 2 heterocycles. The summed E-state index contributed by atoms with van der Waals surface area (Å²) in [6, 6.07) is 9.11. The van der Waals surface area contributed by atoms with Gasteiger partial charge in [0.1, 0.15) is 0 Å².